The number of alkyl halides is 6. The van der Waals surface area contributed by atoms with Crippen LogP contribution in [0.1, 0.15) is 18.7 Å². The molecule has 0 saturated heterocycles. The first kappa shape index (κ1) is 17.1. The molecule has 1 atom stereocenters. The van der Waals surface area contributed by atoms with E-state index in [0.29, 0.717) is 0 Å². The molecule has 0 aliphatic rings. The predicted molar refractivity (Wildman–Crippen MR) is 60.2 cm³/mol. The highest BCUT2D eigenvalue weighted by Gasteiger charge is 2.61. The maximum absolute atomic E-state index is 12.8. The molecule has 0 aromatic carbocycles. The quantitative estimate of drug-likeness (QED) is 0.860. The minimum absolute atomic E-state index is 0.0885. The Morgan fingerprint density at radius 3 is 2.05 bits per heavy atom. The van der Waals surface area contributed by atoms with Crippen molar-refractivity contribution in [3.05, 3.63) is 16.9 Å². The van der Waals surface area contributed by atoms with E-state index in [0.717, 1.165) is 10.9 Å². The van der Waals surface area contributed by atoms with Crippen LogP contribution in [0.4, 0.5) is 26.3 Å². The molecule has 1 aromatic rings. The van der Waals surface area contributed by atoms with Crippen molar-refractivity contribution in [3.8, 4) is 0 Å². The molecule has 0 aliphatic heterocycles. The Hall–Kier alpha value is -0.960. The summed E-state index contributed by atoms with van der Waals surface area (Å²) in [6.45, 7) is 1.32. The summed E-state index contributed by atoms with van der Waals surface area (Å²) in [5, 5.41) is 5.52. The van der Waals surface area contributed by atoms with Crippen molar-refractivity contribution < 1.29 is 26.3 Å². The van der Waals surface area contributed by atoms with Crippen molar-refractivity contribution in [3.63, 3.8) is 0 Å². The van der Waals surface area contributed by atoms with Crippen molar-refractivity contribution in [1.82, 2.24) is 15.1 Å². The van der Waals surface area contributed by atoms with Crippen LogP contribution >= 0.6 is 11.6 Å². The Morgan fingerprint density at radius 2 is 1.75 bits per heavy atom. The van der Waals surface area contributed by atoms with Crippen molar-refractivity contribution in [1.29, 1.82) is 0 Å². The second kappa shape index (κ2) is 5.80. The van der Waals surface area contributed by atoms with Gasteiger partial charge in [-0.05, 0) is 6.54 Å². The minimum Gasteiger partial charge on any atom is -0.308 e. The first-order valence-electron chi connectivity index (χ1n) is 5.54. The molecule has 1 unspecified atom stereocenters. The van der Waals surface area contributed by atoms with E-state index in [2.05, 4.69) is 10.4 Å². The second-order valence-electron chi connectivity index (χ2n) is 4.10. The number of nitrogens with zero attached hydrogens (tertiary/aromatic N) is 2. The lowest BCUT2D eigenvalue weighted by Crippen LogP contribution is -2.46. The van der Waals surface area contributed by atoms with E-state index in [4.69, 9.17) is 11.6 Å². The van der Waals surface area contributed by atoms with Crippen LogP contribution in [0.2, 0.25) is 5.02 Å². The van der Waals surface area contributed by atoms with Crippen LogP contribution in [-0.2, 0) is 7.05 Å². The summed E-state index contributed by atoms with van der Waals surface area (Å²) >= 11 is 5.66. The highest BCUT2D eigenvalue weighted by atomic mass is 35.5. The number of hydrogen-bond acceptors (Lipinski definition) is 2. The predicted octanol–water partition coefficient (Wildman–Crippen LogP) is 3.46. The Bertz CT molecular complexity index is 419. The first-order chi connectivity index (χ1) is 9.00. The topological polar surface area (TPSA) is 29.9 Å². The van der Waals surface area contributed by atoms with Gasteiger partial charge in [0.2, 0.25) is 0 Å². The molecule has 0 aliphatic carbocycles. The minimum atomic E-state index is -5.46. The monoisotopic (exact) mass is 323 g/mol. The molecule has 20 heavy (non-hydrogen) atoms. The highest BCUT2D eigenvalue weighted by molar-refractivity contribution is 6.31. The van der Waals surface area contributed by atoms with E-state index >= 15 is 0 Å². The average molecular weight is 324 g/mol. The SMILES string of the molecule is CCNC(c1c(Cl)cnn1C)C(C(F)(F)F)C(F)(F)F. The third kappa shape index (κ3) is 3.57. The van der Waals surface area contributed by atoms with Gasteiger partial charge < -0.3 is 5.32 Å². The van der Waals surface area contributed by atoms with Gasteiger partial charge >= 0.3 is 12.4 Å². The van der Waals surface area contributed by atoms with Crippen LogP contribution < -0.4 is 5.32 Å². The molecular weight excluding hydrogens is 312 g/mol. The zero-order valence-electron chi connectivity index (χ0n) is 10.5. The van der Waals surface area contributed by atoms with E-state index in [1.807, 2.05) is 0 Å². The Balaban J connectivity index is 3.37. The normalized spacial score (nSPS) is 14.9. The Morgan fingerprint density at radius 1 is 1.25 bits per heavy atom. The van der Waals surface area contributed by atoms with Gasteiger partial charge in [-0.25, -0.2) is 0 Å². The fourth-order valence-electron chi connectivity index (χ4n) is 1.93. The smallest absolute Gasteiger partial charge is 0.308 e. The molecular formula is C10H12ClF6N3. The molecule has 1 aromatic heterocycles. The van der Waals surface area contributed by atoms with E-state index in [9.17, 15) is 26.3 Å². The van der Waals surface area contributed by atoms with Crippen molar-refractivity contribution in [2.45, 2.75) is 25.3 Å². The summed E-state index contributed by atoms with van der Waals surface area (Å²) in [5.74, 6) is -3.57. The van der Waals surface area contributed by atoms with Gasteiger partial charge in [0.05, 0.1) is 23.0 Å². The summed E-state index contributed by atoms with van der Waals surface area (Å²) in [7, 11) is 1.23. The maximum atomic E-state index is 12.8. The summed E-state index contributed by atoms with van der Waals surface area (Å²) in [6.07, 6.45) is -9.91. The van der Waals surface area contributed by atoms with Crippen LogP contribution in [0, 0.1) is 5.92 Å². The fraction of sp³-hybridized carbons (Fsp3) is 0.700. The van der Waals surface area contributed by atoms with E-state index in [1.54, 1.807) is 0 Å². The standard InChI is InChI=1S/C10H12ClF6N3/c1-3-18-6(7-5(11)4-19-20(7)2)8(9(12,13)14)10(15,16)17/h4,6,8,18H,3H2,1-2H3. The lowest BCUT2D eigenvalue weighted by Gasteiger charge is -2.31. The summed E-state index contributed by atoms with van der Waals surface area (Å²) in [5.41, 5.74) is -0.354. The Kier molecular flexibility index (Phi) is 4.96. The van der Waals surface area contributed by atoms with Gasteiger partial charge in [-0.1, -0.05) is 18.5 Å². The van der Waals surface area contributed by atoms with Gasteiger partial charge in [-0.15, -0.1) is 0 Å². The highest BCUT2D eigenvalue weighted by Crippen LogP contribution is 2.47. The molecule has 0 spiro atoms. The van der Waals surface area contributed by atoms with E-state index in [1.165, 1.54) is 14.0 Å². The summed E-state index contributed by atoms with van der Waals surface area (Å²) < 4.78 is 77.8. The molecule has 0 radical (unpaired) electrons. The van der Waals surface area contributed by atoms with Gasteiger partial charge in [-0.2, -0.15) is 31.4 Å². The number of rotatable bonds is 4. The molecule has 3 nitrogen and oxygen atoms in total. The van der Waals surface area contributed by atoms with Gasteiger partial charge in [0.15, 0.2) is 5.92 Å². The molecule has 1 N–H and O–H groups in total. The number of aryl methyl sites for hydroxylation is 1. The fourth-order valence-corrected chi connectivity index (χ4v) is 2.21. The molecule has 116 valence electrons. The van der Waals surface area contributed by atoms with Gasteiger partial charge in [-0.3, -0.25) is 4.68 Å². The Labute approximate surface area is 115 Å². The number of nitrogens with one attached hydrogen (secondary N) is 1. The zero-order valence-corrected chi connectivity index (χ0v) is 11.2. The zero-order chi connectivity index (χ0) is 15.7. The third-order valence-corrected chi connectivity index (χ3v) is 2.99. The lowest BCUT2D eigenvalue weighted by atomic mass is 9.95. The molecule has 0 amide bonds. The lowest BCUT2D eigenvalue weighted by molar-refractivity contribution is -0.293. The molecule has 0 fully saturated rings. The van der Waals surface area contributed by atoms with Crippen LogP contribution in [0.15, 0.2) is 6.20 Å². The molecule has 1 heterocycles. The van der Waals surface area contributed by atoms with Crippen LogP contribution in [0.25, 0.3) is 0 Å². The van der Waals surface area contributed by atoms with Gasteiger partial charge in [0.25, 0.3) is 0 Å². The van der Waals surface area contributed by atoms with Gasteiger partial charge in [0.1, 0.15) is 0 Å². The van der Waals surface area contributed by atoms with E-state index < -0.39 is 24.3 Å². The number of aromatic nitrogens is 2. The molecule has 0 saturated carbocycles. The van der Waals surface area contributed by atoms with E-state index in [-0.39, 0.29) is 17.3 Å². The maximum Gasteiger partial charge on any atom is 0.402 e. The summed E-state index contributed by atoms with van der Waals surface area (Å²) in [6, 6.07) is -2.06. The molecule has 10 heteroatoms. The van der Waals surface area contributed by atoms with Crippen LogP contribution in [0.3, 0.4) is 0 Å². The first-order valence-corrected chi connectivity index (χ1v) is 5.92. The van der Waals surface area contributed by atoms with Crippen molar-refractivity contribution in [2.75, 3.05) is 6.54 Å². The molecule has 1 rings (SSSR count). The summed E-state index contributed by atoms with van der Waals surface area (Å²) in [4.78, 5) is 0. The third-order valence-electron chi connectivity index (χ3n) is 2.69. The number of halogens is 7. The largest absolute Gasteiger partial charge is 0.402 e. The molecule has 0 bridgehead atoms. The average Bonchev–Trinajstić information content (AvgIpc) is 2.54. The van der Waals surface area contributed by atoms with Crippen LogP contribution in [0.5, 0.6) is 0 Å². The van der Waals surface area contributed by atoms with Crippen LogP contribution in [-0.4, -0.2) is 28.7 Å². The second-order valence-corrected chi connectivity index (χ2v) is 4.50. The van der Waals surface area contributed by atoms with Gasteiger partial charge in [0, 0.05) is 7.05 Å². The van der Waals surface area contributed by atoms with Crippen molar-refractivity contribution in [2.24, 2.45) is 13.0 Å². The number of hydrogen-bond donors (Lipinski definition) is 1. The van der Waals surface area contributed by atoms with Crippen molar-refractivity contribution >= 4 is 11.6 Å².